The largest absolute Gasteiger partial charge is 0.399 e. The van der Waals surface area contributed by atoms with E-state index in [1.807, 2.05) is 39.8 Å². The first-order chi connectivity index (χ1) is 6.95. The molecule has 2 N–H and O–H groups in total. The molecule has 0 aromatic carbocycles. The molecule has 0 aliphatic carbocycles. The van der Waals surface area contributed by atoms with Crippen LogP contribution in [0.5, 0.6) is 0 Å². The molecule has 0 rings (SSSR count). The molecule has 0 spiro atoms. The fraction of sp³-hybridized carbons (Fsp3) is 0.571. The Labute approximate surface area is 96.8 Å². The van der Waals surface area contributed by atoms with Gasteiger partial charge in [-0.2, -0.15) is 0 Å². The van der Waals surface area contributed by atoms with Crippen LogP contribution in [0.1, 0.15) is 48.5 Å². The molecule has 1 heteroatoms. The van der Waals surface area contributed by atoms with Crippen molar-refractivity contribution < 1.29 is 0 Å². The van der Waals surface area contributed by atoms with Gasteiger partial charge in [-0.3, -0.25) is 0 Å². The molecule has 15 heavy (non-hydrogen) atoms. The Hall–Kier alpha value is -0.980. The van der Waals surface area contributed by atoms with Crippen LogP contribution < -0.4 is 5.73 Å². The van der Waals surface area contributed by atoms with Crippen LogP contribution in [0.25, 0.3) is 0 Å². The maximum absolute atomic E-state index is 5.55. The van der Waals surface area contributed by atoms with Crippen molar-refractivity contribution in [1.29, 1.82) is 0 Å². The van der Waals surface area contributed by atoms with Gasteiger partial charge in [0.15, 0.2) is 0 Å². The molecule has 1 nitrogen and oxygen atoms in total. The molecule has 0 aromatic heterocycles. The molecule has 0 saturated carbocycles. The molecule has 0 aliphatic heterocycles. The third-order valence-electron chi connectivity index (χ3n) is 1.13. The van der Waals surface area contributed by atoms with Crippen LogP contribution in [0.15, 0.2) is 36.1 Å². The van der Waals surface area contributed by atoms with E-state index >= 15 is 0 Å². The van der Waals surface area contributed by atoms with Crippen LogP contribution in [0.4, 0.5) is 0 Å². The second-order valence-electron chi connectivity index (χ2n) is 3.56. The fourth-order valence-corrected chi connectivity index (χ4v) is 0.501. The first-order valence-corrected chi connectivity index (χ1v) is 5.67. The molecule has 0 amide bonds. The summed E-state index contributed by atoms with van der Waals surface area (Å²) in [6.45, 7) is 17.9. The quantitative estimate of drug-likeness (QED) is 0.660. The van der Waals surface area contributed by atoms with Gasteiger partial charge >= 0.3 is 0 Å². The van der Waals surface area contributed by atoms with Gasteiger partial charge in [0, 0.05) is 5.70 Å². The van der Waals surface area contributed by atoms with Crippen molar-refractivity contribution in [2.24, 2.45) is 11.7 Å². The van der Waals surface area contributed by atoms with Crippen LogP contribution in [-0.4, -0.2) is 0 Å². The molecular formula is C14H29N. The molecule has 0 radical (unpaired) electrons. The first kappa shape index (κ1) is 19.6. The Kier molecular flexibility index (Phi) is 20.2. The van der Waals surface area contributed by atoms with E-state index in [0.717, 1.165) is 17.2 Å². The van der Waals surface area contributed by atoms with Gasteiger partial charge < -0.3 is 5.73 Å². The summed E-state index contributed by atoms with van der Waals surface area (Å²) in [6.07, 6.45) is 5.48. The molecular weight excluding hydrogens is 182 g/mol. The van der Waals surface area contributed by atoms with Gasteiger partial charge in [0.2, 0.25) is 0 Å². The van der Waals surface area contributed by atoms with Crippen LogP contribution in [0.3, 0.4) is 0 Å². The average molecular weight is 211 g/mol. The Bertz CT molecular complexity index is 183. The van der Waals surface area contributed by atoms with Crippen molar-refractivity contribution in [3.63, 3.8) is 0 Å². The van der Waals surface area contributed by atoms with E-state index in [2.05, 4.69) is 27.4 Å². The fourth-order valence-electron chi connectivity index (χ4n) is 0.501. The van der Waals surface area contributed by atoms with E-state index in [1.54, 1.807) is 6.08 Å². The highest BCUT2D eigenvalue weighted by molar-refractivity contribution is 5.28. The molecule has 0 unspecified atom stereocenters. The zero-order chi connectivity index (χ0) is 12.9. The zero-order valence-corrected chi connectivity index (χ0v) is 11.6. The lowest BCUT2D eigenvalue weighted by atomic mass is 10.2. The van der Waals surface area contributed by atoms with Gasteiger partial charge in [-0.1, -0.05) is 59.4 Å². The molecule has 0 aromatic rings. The van der Waals surface area contributed by atoms with Crippen molar-refractivity contribution in [3.8, 4) is 0 Å². The number of allylic oxidation sites excluding steroid dienone is 4. The second-order valence-corrected chi connectivity index (χ2v) is 3.56. The maximum atomic E-state index is 5.55. The molecule has 0 fully saturated rings. The summed E-state index contributed by atoms with van der Waals surface area (Å²) >= 11 is 0. The lowest BCUT2D eigenvalue weighted by Crippen LogP contribution is -1.96. The van der Waals surface area contributed by atoms with Crippen molar-refractivity contribution >= 4 is 0 Å². The number of hydrogen-bond acceptors (Lipinski definition) is 1. The lowest BCUT2D eigenvalue weighted by Gasteiger charge is -1.96. The molecule has 0 heterocycles. The normalized spacial score (nSPS) is 10.9. The van der Waals surface area contributed by atoms with Crippen LogP contribution in [0, 0.1) is 5.92 Å². The highest BCUT2D eigenvalue weighted by Gasteiger charge is 1.86. The average Bonchev–Trinajstić information content (AvgIpc) is 2.19. The van der Waals surface area contributed by atoms with Crippen LogP contribution in [0.2, 0.25) is 0 Å². The van der Waals surface area contributed by atoms with E-state index in [9.17, 15) is 0 Å². The van der Waals surface area contributed by atoms with Crippen molar-refractivity contribution in [3.05, 3.63) is 36.1 Å². The zero-order valence-electron chi connectivity index (χ0n) is 11.6. The summed E-state index contributed by atoms with van der Waals surface area (Å²) in [5.41, 5.74) is 7.42. The summed E-state index contributed by atoms with van der Waals surface area (Å²) in [5, 5.41) is 0. The SMILES string of the molecule is C=C/C=C(C)\C(N)=C/C.CC.CC(C)C. The monoisotopic (exact) mass is 211 g/mol. The van der Waals surface area contributed by atoms with E-state index < -0.39 is 0 Å². The van der Waals surface area contributed by atoms with Gasteiger partial charge in [0.25, 0.3) is 0 Å². The van der Waals surface area contributed by atoms with E-state index in [4.69, 9.17) is 5.73 Å². The molecule has 0 aliphatic rings. The topological polar surface area (TPSA) is 26.0 Å². The van der Waals surface area contributed by atoms with Gasteiger partial charge in [-0.25, -0.2) is 0 Å². The Morgan fingerprint density at radius 3 is 1.73 bits per heavy atom. The Balaban J connectivity index is -0.000000202. The van der Waals surface area contributed by atoms with Gasteiger partial charge in [0.05, 0.1) is 0 Å². The van der Waals surface area contributed by atoms with Crippen molar-refractivity contribution in [2.75, 3.05) is 0 Å². The van der Waals surface area contributed by atoms with Crippen LogP contribution >= 0.6 is 0 Å². The Morgan fingerprint density at radius 2 is 1.53 bits per heavy atom. The first-order valence-electron chi connectivity index (χ1n) is 5.67. The van der Waals surface area contributed by atoms with Gasteiger partial charge in [-0.05, 0) is 25.3 Å². The number of rotatable bonds is 2. The minimum absolute atomic E-state index is 0.815. The summed E-state index contributed by atoms with van der Waals surface area (Å²) in [5.74, 6) is 0.833. The van der Waals surface area contributed by atoms with E-state index in [0.29, 0.717) is 0 Å². The van der Waals surface area contributed by atoms with Crippen molar-refractivity contribution in [2.45, 2.75) is 48.5 Å². The second kappa shape index (κ2) is 15.5. The highest BCUT2D eigenvalue weighted by atomic mass is 14.6. The van der Waals surface area contributed by atoms with Crippen LogP contribution in [-0.2, 0) is 0 Å². The highest BCUT2D eigenvalue weighted by Crippen LogP contribution is 2.00. The number of nitrogens with two attached hydrogens (primary N) is 1. The lowest BCUT2D eigenvalue weighted by molar-refractivity contribution is 0.737. The van der Waals surface area contributed by atoms with Gasteiger partial charge in [0.1, 0.15) is 0 Å². The summed E-state index contributed by atoms with van der Waals surface area (Å²) < 4.78 is 0. The standard InChI is InChI=1S/C8H13N.C4H10.C2H6/c1-4-6-7(3)8(9)5-2;1-4(2)3;1-2/h4-6H,1,9H2,2-3H3;4H,1-3H3;1-2H3/b7-6-,8-5+;;. The molecule has 90 valence electrons. The summed E-state index contributed by atoms with van der Waals surface area (Å²) in [4.78, 5) is 0. The molecule has 0 bridgehead atoms. The summed E-state index contributed by atoms with van der Waals surface area (Å²) in [7, 11) is 0. The minimum Gasteiger partial charge on any atom is -0.399 e. The van der Waals surface area contributed by atoms with Crippen molar-refractivity contribution in [1.82, 2.24) is 0 Å². The predicted octanol–water partition coefficient (Wildman–Crippen LogP) is 4.67. The molecule has 0 atom stereocenters. The smallest absolute Gasteiger partial charge is 0.0300 e. The third kappa shape index (κ3) is 24.6. The maximum Gasteiger partial charge on any atom is 0.0300 e. The molecule has 0 saturated heterocycles. The summed E-state index contributed by atoms with van der Waals surface area (Å²) in [6, 6.07) is 0. The number of hydrogen-bond donors (Lipinski definition) is 1. The third-order valence-corrected chi connectivity index (χ3v) is 1.13. The minimum atomic E-state index is 0.815. The predicted molar refractivity (Wildman–Crippen MR) is 73.8 cm³/mol. The van der Waals surface area contributed by atoms with E-state index in [-0.39, 0.29) is 0 Å². The Morgan fingerprint density at radius 1 is 1.20 bits per heavy atom. The van der Waals surface area contributed by atoms with Gasteiger partial charge in [-0.15, -0.1) is 0 Å². The van der Waals surface area contributed by atoms with E-state index in [1.165, 1.54) is 0 Å².